The lowest BCUT2D eigenvalue weighted by molar-refractivity contribution is -0.148. The predicted molar refractivity (Wildman–Crippen MR) is 131 cm³/mol. The molecular formula is C29H36O4. The molecule has 1 aliphatic carbocycles. The van der Waals surface area contributed by atoms with E-state index in [0.29, 0.717) is 0 Å². The van der Waals surface area contributed by atoms with E-state index < -0.39 is 29.1 Å². The van der Waals surface area contributed by atoms with Gasteiger partial charge >= 0.3 is 5.97 Å². The van der Waals surface area contributed by atoms with Gasteiger partial charge in [-0.2, -0.15) is 0 Å². The van der Waals surface area contributed by atoms with Crippen molar-refractivity contribution in [3.8, 4) is 0 Å². The molecule has 3 atom stereocenters. The molecule has 33 heavy (non-hydrogen) atoms. The Bertz CT molecular complexity index is 1020. The van der Waals surface area contributed by atoms with E-state index in [0.717, 1.165) is 44.5 Å². The summed E-state index contributed by atoms with van der Waals surface area (Å²) in [6, 6.07) is 8.25. The Morgan fingerprint density at radius 1 is 0.758 bits per heavy atom. The number of esters is 1. The minimum Gasteiger partial charge on any atom is -0.469 e. The number of rotatable bonds is 7. The third-order valence-electron chi connectivity index (χ3n) is 7.45. The molecule has 2 aromatic rings. The van der Waals surface area contributed by atoms with Gasteiger partial charge in [0.15, 0.2) is 11.6 Å². The van der Waals surface area contributed by atoms with Crippen molar-refractivity contribution in [2.24, 2.45) is 11.3 Å². The van der Waals surface area contributed by atoms with Crippen molar-refractivity contribution < 1.29 is 19.1 Å². The fourth-order valence-corrected chi connectivity index (χ4v) is 6.14. The number of methoxy groups -OCH3 is 1. The zero-order chi connectivity index (χ0) is 24.8. The van der Waals surface area contributed by atoms with E-state index in [9.17, 15) is 14.4 Å². The first-order valence-corrected chi connectivity index (χ1v) is 11.7. The van der Waals surface area contributed by atoms with Gasteiger partial charge in [-0.25, -0.2) is 0 Å². The van der Waals surface area contributed by atoms with Gasteiger partial charge in [-0.1, -0.05) is 49.2 Å². The van der Waals surface area contributed by atoms with E-state index in [1.165, 1.54) is 7.11 Å². The summed E-state index contributed by atoms with van der Waals surface area (Å²) in [5, 5.41) is 0. The van der Waals surface area contributed by atoms with Gasteiger partial charge < -0.3 is 4.74 Å². The van der Waals surface area contributed by atoms with Crippen molar-refractivity contribution in [2.45, 2.75) is 73.6 Å². The third-order valence-corrected chi connectivity index (χ3v) is 7.45. The fraction of sp³-hybridized carbons (Fsp3) is 0.483. The molecule has 2 aromatic carbocycles. The van der Waals surface area contributed by atoms with Gasteiger partial charge in [0.25, 0.3) is 0 Å². The molecule has 1 fully saturated rings. The van der Waals surface area contributed by atoms with Crippen LogP contribution in [0.2, 0.25) is 0 Å². The molecule has 0 amide bonds. The number of ketones is 2. The highest BCUT2D eigenvalue weighted by Crippen LogP contribution is 2.59. The molecule has 0 saturated heterocycles. The first kappa shape index (κ1) is 24.9. The summed E-state index contributed by atoms with van der Waals surface area (Å²) in [6.07, 6.45) is 0.222. The monoisotopic (exact) mass is 448 g/mol. The lowest BCUT2D eigenvalue weighted by Crippen LogP contribution is -2.36. The second kappa shape index (κ2) is 8.89. The number of ether oxygens (including phenoxy) is 1. The van der Waals surface area contributed by atoms with E-state index in [2.05, 4.69) is 24.3 Å². The number of benzene rings is 2. The van der Waals surface area contributed by atoms with Crippen LogP contribution in [0.5, 0.6) is 0 Å². The highest BCUT2D eigenvalue weighted by molar-refractivity contribution is 6.18. The standard InChI is InChI=1S/C29H36O4/c1-15-10-17(3)24(18(4)11-15)21(7)26(30)29(14-23(29)28(32)33-9)27(31)22(8)25-19(5)12-16(2)13-20(25)6/h10-13,21-23H,14H2,1-9H3. The normalized spacial score (nSPS) is 21.3. The second-order valence-electron chi connectivity index (χ2n) is 10.0. The molecule has 176 valence electrons. The first-order valence-electron chi connectivity index (χ1n) is 11.7. The van der Waals surface area contributed by atoms with Crippen LogP contribution in [0.15, 0.2) is 24.3 Å². The molecule has 1 saturated carbocycles. The maximum Gasteiger partial charge on any atom is 0.310 e. The van der Waals surface area contributed by atoms with Crippen LogP contribution >= 0.6 is 0 Å². The number of Topliss-reactive ketones (excluding diaryl/α,β-unsaturated/α-hetero) is 2. The summed E-state index contributed by atoms with van der Waals surface area (Å²) >= 11 is 0. The van der Waals surface area contributed by atoms with E-state index in [4.69, 9.17) is 4.74 Å². The third kappa shape index (κ3) is 4.16. The average Bonchev–Trinajstić information content (AvgIpc) is 3.47. The number of carbonyl (C=O) groups is 3. The zero-order valence-electron chi connectivity index (χ0n) is 21.4. The summed E-state index contributed by atoms with van der Waals surface area (Å²) in [5.41, 5.74) is 6.96. The minimum atomic E-state index is -1.33. The smallest absolute Gasteiger partial charge is 0.310 e. The Labute approximate surface area is 197 Å². The summed E-state index contributed by atoms with van der Waals surface area (Å²) in [7, 11) is 1.32. The van der Waals surface area contributed by atoms with E-state index in [1.807, 2.05) is 55.4 Å². The average molecular weight is 449 g/mol. The van der Waals surface area contributed by atoms with Gasteiger partial charge in [0.05, 0.1) is 13.0 Å². The Morgan fingerprint density at radius 2 is 1.09 bits per heavy atom. The summed E-state index contributed by atoms with van der Waals surface area (Å²) in [4.78, 5) is 40.6. The number of hydrogen-bond donors (Lipinski definition) is 0. The van der Waals surface area contributed by atoms with Crippen LogP contribution in [0.3, 0.4) is 0 Å². The first-order chi connectivity index (χ1) is 15.4. The summed E-state index contributed by atoms with van der Waals surface area (Å²) in [6.45, 7) is 15.8. The van der Waals surface area contributed by atoms with Gasteiger partial charge in [-0.3, -0.25) is 14.4 Å². The Hall–Kier alpha value is -2.75. The number of carbonyl (C=O) groups excluding carboxylic acids is 3. The lowest BCUT2D eigenvalue weighted by atomic mass is 9.74. The Kier molecular flexibility index (Phi) is 6.70. The molecule has 0 N–H and O–H groups in total. The Balaban J connectivity index is 2.07. The maximum atomic E-state index is 14.0. The van der Waals surface area contributed by atoms with Crippen LogP contribution in [0.25, 0.3) is 0 Å². The van der Waals surface area contributed by atoms with Gasteiger partial charge in [-0.05, 0) is 81.3 Å². The number of aryl methyl sites for hydroxylation is 6. The van der Waals surface area contributed by atoms with Crippen molar-refractivity contribution in [3.63, 3.8) is 0 Å². The minimum absolute atomic E-state index is 0.174. The molecule has 1 aliphatic rings. The van der Waals surface area contributed by atoms with Crippen molar-refractivity contribution in [2.75, 3.05) is 7.11 Å². The molecule has 0 radical (unpaired) electrons. The summed E-state index contributed by atoms with van der Waals surface area (Å²) in [5.74, 6) is -2.53. The molecular weight excluding hydrogens is 412 g/mol. The van der Waals surface area contributed by atoms with Gasteiger partial charge in [0.1, 0.15) is 5.41 Å². The highest BCUT2D eigenvalue weighted by Gasteiger charge is 2.69. The lowest BCUT2D eigenvalue weighted by Gasteiger charge is -2.26. The molecule has 0 bridgehead atoms. The van der Waals surface area contributed by atoms with Crippen molar-refractivity contribution in [1.29, 1.82) is 0 Å². The molecule has 3 rings (SSSR count). The molecule has 4 nitrogen and oxygen atoms in total. The maximum absolute atomic E-state index is 14.0. The fourth-order valence-electron chi connectivity index (χ4n) is 6.14. The topological polar surface area (TPSA) is 60.4 Å². The Morgan fingerprint density at radius 3 is 1.39 bits per heavy atom. The summed E-state index contributed by atoms with van der Waals surface area (Å²) < 4.78 is 4.98. The van der Waals surface area contributed by atoms with Crippen molar-refractivity contribution in [1.82, 2.24) is 0 Å². The van der Waals surface area contributed by atoms with Crippen molar-refractivity contribution >= 4 is 17.5 Å². The number of hydrogen-bond acceptors (Lipinski definition) is 4. The highest BCUT2D eigenvalue weighted by atomic mass is 16.5. The largest absolute Gasteiger partial charge is 0.469 e. The molecule has 4 heteroatoms. The molecule has 3 unspecified atom stereocenters. The molecule has 0 heterocycles. The van der Waals surface area contributed by atoms with Crippen LogP contribution in [0.4, 0.5) is 0 Å². The SMILES string of the molecule is COC(=O)C1CC1(C(=O)C(C)c1c(C)cc(C)cc1C)C(=O)C(C)c1c(C)cc(C)cc1C. The molecule has 0 aliphatic heterocycles. The van der Waals surface area contributed by atoms with Crippen LogP contribution in [0, 0.1) is 52.9 Å². The van der Waals surface area contributed by atoms with Crippen LogP contribution < -0.4 is 0 Å². The van der Waals surface area contributed by atoms with Crippen LogP contribution in [-0.4, -0.2) is 24.6 Å². The second-order valence-corrected chi connectivity index (χ2v) is 10.0. The quantitative estimate of drug-likeness (QED) is 0.399. The van der Waals surface area contributed by atoms with Gasteiger partial charge in [0, 0.05) is 11.8 Å². The molecule has 0 aromatic heterocycles. The zero-order valence-corrected chi connectivity index (χ0v) is 21.4. The molecule has 0 spiro atoms. The van der Waals surface area contributed by atoms with Gasteiger partial charge in [-0.15, -0.1) is 0 Å². The van der Waals surface area contributed by atoms with Crippen molar-refractivity contribution in [3.05, 3.63) is 68.8 Å². The van der Waals surface area contributed by atoms with Gasteiger partial charge in [0.2, 0.25) is 0 Å². The predicted octanol–water partition coefficient (Wildman–Crippen LogP) is 5.76. The van der Waals surface area contributed by atoms with E-state index in [-0.39, 0.29) is 18.0 Å². The van der Waals surface area contributed by atoms with E-state index in [1.54, 1.807) is 0 Å². The van der Waals surface area contributed by atoms with E-state index >= 15 is 0 Å². The van der Waals surface area contributed by atoms with Crippen LogP contribution in [-0.2, 0) is 19.1 Å². The van der Waals surface area contributed by atoms with Crippen LogP contribution in [0.1, 0.15) is 76.6 Å².